The van der Waals surface area contributed by atoms with Gasteiger partial charge in [-0.1, -0.05) is 5.92 Å². The Bertz CT molecular complexity index is 740. The van der Waals surface area contributed by atoms with Gasteiger partial charge in [0.15, 0.2) is 5.82 Å². The second-order valence-electron chi connectivity index (χ2n) is 5.70. The zero-order valence-corrected chi connectivity index (χ0v) is 13.9. The lowest BCUT2D eigenvalue weighted by molar-refractivity contribution is 0.0958. The van der Waals surface area contributed by atoms with Crippen LogP contribution in [-0.4, -0.2) is 53.8 Å². The molecule has 7 heteroatoms. The number of amides is 1. The van der Waals surface area contributed by atoms with E-state index in [2.05, 4.69) is 36.2 Å². The van der Waals surface area contributed by atoms with Gasteiger partial charge in [0.05, 0.1) is 12.1 Å². The van der Waals surface area contributed by atoms with Crippen molar-refractivity contribution in [3.05, 3.63) is 42.2 Å². The zero-order chi connectivity index (χ0) is 17.5. The molecule has 0 bridgehead atoms. The first kappa shape index (κ1) is 16.7. The second kappa shape index (κ2) is 8.11. The van der Waals surface area contributed by atoms with Gasteiger partial charge in [0, 0.05) is 38.6 Å². The smallest absolute Gasteiger partial charge is 0.253 e. The average molecular weight is 336 g/mol. The minimum Gasteiger partial charge on any atom is -0.355 e. The predicted octanol–water partition coefficient (Wildman–Crippen LogP) is 0.951. The van der Waals surface area contributed by atoms with Crippen LogP contribution in [-0.2, 0) is 0 Å². The number of terminal acetylenes is 1. The molecule has 0 spiro atoms. The third-order valence-electron chi connectivity index (χ3n) is 4.06. The van der Waals surface area contributed by atoms with E-state index < -0.39 is 0 Å². The fourth-order valence-electron chi connectivity index (χ4n) is 2.78. The highest BCUT2D eigenvalue weighted by molar-refractivity contribution is 5.94. The molecule has 1 amide bonds. The van der Waals surface area contributed by atoms with Crippen LogP contribution >= 0.6 is 0 Å². The number of nitrogens with one attached hydrogen (secondary N) is 1. The minimum atomic E-state index is -0.207. The zero-order valence-electron chi connectivity index (χ0n) is 13.9. The van der Waals surface area contributed by atoms with E-state index in [1.165, 1.54) is 0 Å². The molecule has 0 aliphatic carbocycles. The monoisotopic (exact) mass is 336 g/mol. The Kier molecular flexibility index (Phi) is 5.42. The van der Waals surface area contributed by atoms with Gasteiger partial charge in [-0.25, -0.2) is 4.98 Å². The molecule has 0 aromatic carbocycles. The minimum absolute atomic E-state index is 0.207. The number of hydrogen-bond donors (Lipinski definition) is 1. The molecule has 0 atom stereocenters. The van der Waals surface area contributed by atoms with E-state index in [1.807, 2.05) is 18.2 Å². The summed E-state index contributed by atoms with van der Waals surface area (Å²) in [4.78, 5) is 20.8. The van der Waals surface area contributed by atoms with Crippen LogP contribution < -0.4 is 15.1 Å². The van der Waals surface area contributed by atoms with Crippen LogP contribution in [0, 0.1) is 12.3 Å². The molecular weight excluding hydrogens is 316 g/mol. The van der Waals surface area contributed by atoms with E-state index in [4.69, 9.17) is 6.42 Å². The predicted molar refractivity (Wildman–Crippen MR) is 96.5 cm³/mol. The number of carbonyl (C=O) groups excluding carboxylic acids is 1. The van der Waals surface area contributed by atoms with Crippen molar-refractivity contribution >= 4 is 17.5 Å². The van der Waals surface area contributed by atoms with Crippen LogP contribution in [0.25, 0.3) is 0 Å². The van der Waals surface area contributed by atoms with Gasteiger partial charge in [-0.05, 0) is 30.7 Å². The maximum absolute atomic E-state index is 11.9. The molecule has 2 aromatic rings. The van der Waals surface area contributed by atoms with E-state index in [9.17, 15) is 4.79 Å². The maximum Gasteiger partial charge on any atom is 0.253 e. The summed E-state index contributed by atoms with van der Waals surface area (Å²) >= 11 is 0. The summed E-state index contributed by atoms with van der Waals surface area (Å²) < 4.78 is 0. The van der Waals surface area contributed by atoms with Gasteiger partial charge in [0.2, 0.25) is 0 Å². The molecule has 1 N–H and O–H groups in total. The Morgan fingerprint density at radius 3 is 2.60 bits per heavy atom. The molecule has 1 fully saturated rings. The molecule has 1 aliphatic rings. The van der Waals surface area contributed by atoms with E-state index in [1.54, 1.807) is 18.5 Å². The Morgan fingerprint density at radius 2 is 1.96 bits per heavy atom. The van der Waals surface area contributed by atoms with Crippen molar-refractivity contribution < 1.29 is 4.79 Å². The lowest BCUT2D eigenvalue weighted by Crippen LogP contribution is -2.31. The van der Waals surface area contributed by atoms with Crippen LogP contribution in [0.3, 0.4) is 0 Å². The number of hydrogen-bond acceptors (Lipinski definition) is 6. The van der Waals surface area contributed by atoms with Gasteiger partial charge >= 0.3 is 0 Å². The molecule has 0 unspecified atom stereocenters. The lowest BCUT2D eigenvalue weighted by atomic mass is 10.2. The van der Waals surface area contributed by atoms with Gasteiger partial charge in [-0.3, -0.25) is 4.79 Å². The highest BCUT2D eigenvalue weighted by Crippen LogP contribution is 2.17. The molecular formula is C18H20N6O. The highest BCUT2D eigenvalue weighted by Gasteiger charge is 2.17. The van der Waals surface area contributed by atoms with Gasteiger partial charge in [0.1, 0.15) is 5.82 Å². The van der Waals surface area contributed by atoms with Crippen LogP contribution in [0.4, 0.5) is 11.6 Å². The molecule has 7 nitrogen and oxygen atoms in total. The Morgan fingerprint density at radius 1 is 1.16 bits per heavy atom. The quantitative estimate of drug-likeness (QED) is 0.838. The van der Waals surface area contributed by atoms with Crippen LogP contribution in [0.15, 0.2) is 36.7 Å². The van der Waals surface area contributed by atoms with E-state index in [0.29, 0.717) is 5.56 Å². The Labute approximate surface area is 147 Å². The Hall–Kier alpha value is -3.14. The topological polar surface area (TPSA) is 74.2 Å². The van der Waals surface area contributed by atoms with Crippen molar-refractivity contribution in [2.75, 3.05) is 42.5 Å². The van der Waals surface area contributed by atoms with Crippen molar-refractivity contribution in [1.82, 2.24) is 20.5 Å². The van der Waals surface area contributed by atoms with E-state index in [-0.39, 0.29) is 12.5 Å². The number of aromatic nitrogens is 3. The average Bonchev–Trinajstić information content (AvgIpc) is 2.93. The maximum atomic E-state index is 11.9. The molecule has 25 heavy (non-hydrogen) atoms. The summed E-state index contributed by atoms with van der Waals surface area (Å²) in [5.41, 5.74) is 0.509. The number of anilines is 2. The fraction of sp³-hybridized carbons (Fsp3) is 0.333. The standard InChI is InChI=1S/C18H20N6O/c1-2-8-19-18(25)15-6-7-16(20-14-15)23-10-4-11-24(13-12-23)17-5-3-9-21-22-17/h1,3,5-7,9,14H,4,8,10-13H2,(H,19,25). The molecule has 0 radical (unpaired) electrons. The number of pyridine rings is 1. The fourth-order valence-corrected chi connectivity index (χ4v) is 2.78. The molecule has 1 saturated heterocycles. The second-order valence-corrected chi connectivity index (χ2v) is 5.70. The van der Waals surface area contributed by atoms with Gasteiger partial charge in [-0.2, -0.15) is 5.10 Å². The largest absolute Gasteiger partial charge is 0.355 e. The number of rotatable bonds is 4. The van der Waals surface area contributed by atoms with E-state index >= 15 is 0 Å². The van der Waals surface area contributed by atoms with E-state index in [0.717, 1.165) is 44.2 Å². The van der Waals surface area contributed by atoms with Gasteiger partial charge in [0.25, 0.3) is 5.91 Å². The third kappa shape index (κ3) is 4.23. The Balaban J connectivity index is 1.63. The van der Waals surface area contributed by atoms with Gasteiger partial charge < -0.3 is 15.1 Å². The first-order valence-electron chi connectivity index (χ1n) is 8.23. The number of carbonyl (C=O) groups is 1. The van der Waals surface area contributed by atoms with Crippen LogP contribution in [0.5, 0.6) is 0 Å². The summed E-state index contributed by atoms with van der Waals surface area (Å²) in [5.74, 6) is 3.95. The summed E-state index contributed by atoms with van der Waals surface area (Å²) in [6.45, 7) is 3.75. The van der Waals surface area contributed by atoms with Crippen molar-refractivity contribution in [3.63, 3.8) is 0 Å². The summed E-state index contributed by atoms with van der Waals surface area (Å²) in [6.07, 6.45) is 9.42. The van der Waals surface area contributed by atoms with Crippen LogP contribution in [0.1, 0.15) is 16.8 Å². The summed E-state index contributed by atoms with van der Waals surface area (Å²) in [7, 11) is 0. The number of nitrogens with zero attached hydrogens (tertiary/aromatic N) is 5. The summed E-state index contributed by atoms with van der Waals surface area (Å²) in [5, 5.41) is 10.8. The first-order chi connectivity index (χ1) is 12.3. The van der Waals surface area contributed by atoms with Crippen LogP contribution in [0.2, 0.25) is 0 Å². The SMILES string of the molecule is C#CCNC(=O)c1ccc(N2CCCN(c3cccnn3)CC2)nc1. The first-order valence-corrected chi connectivity index (χ1v) is 8.23. The van der Waals surface area contributed by atoms with Crippen molar-refractivity contribution in [2.24, 2.45) is 0 Å². The molecule has 0 saturated carbocycles. The lowest BCUT2D eigenvalue weighted by Gasteiger charge is -2.23. The molecule has 1 aliphatic heterocycles. The third-order valence-corrected chi connectivity index (χ3v) is 4.06. The normalized spacial score (nSPS) is 14.5. The highest BCUT2D eigenvalue weighted by atomic mass is 16.1. The summed E-state index contributed by atoms with van der Waals surface area (Å²) in [6, 6.07) is 7.53. The van der Waals surface area contributed by atoms with Crippen molar-refractivity contribution in [1.29, 1.82) is 0 Å². The molecule has 128 valence electrons. The van der Waals surface area contributed by atoms with Crippen molar-refractivity contribution in [2.45, 2.75) is 6.42 Å². The van der Waals surface area contributed by atoms with Crippen molar-refractivity contribution in [3.8, 4) is 12.3 Å². The molecule has 2 aromatic heterocycles. The molecule has 3 rings (SSSR count). The van der Waals surface area contributed by atoms with Gasteiger partial charge in [-0.15, -0.1) is 11.5 Å². The molecule has 3 heterocycles.